The molecule has 0 aliphatic heterocycles. The molecule has 4 heteroatoms. The van der Waals surface area contributed by atoms with Crippen LogP contribution in [-0.2, 0) is 14.3 Å². The first-order valence-electron chi connectivity index (χ1n) is 10.7. The van der Waals surface area contributed by atoms with Crippen LogP contribution in [0, 0.1) is 0 Å². The third-order valence-corrected chi connectivity index (χ3v) is 4.67. The minimum Gasteiger partial charge on any atom is -0.463 e. The van der Waals surface area contributed by atoms with E-state index in [0.717, 1.165) is 32.5 Å². The standard InChI is InChI=1S/C21H43NO3/c1-4-7-8-9-10-11-12-13-14-15-16-21(23)25-20-19-24-18-17-22(5-2)6-3/h4-20H2,1-3H3. The summed E-state index contributed by atoms with van der Waals surface area (Å²) >= 11 is 0. The van der Waals surface area contributed by atoms with Crippen LogP contribution in [0.4, 0.5) is 0 Å². The lowest BCUT2D eigenvalue weighted by atomic mass is 10.1. The van der Waals surface area contributed by atoms with Crippen LogP contribution in [0.25, 0.3) is 0 Å². The molecule has 150 valence electrons. The van der Waals surface area contributed by atoms with Crippen molar-refractivity contribution >= 4 is 5.97 Å². The van der Waals surface area contributed by atoms with E-state index < -0.39 is 0 Å². The number of carbonyl (C=O) groups excluding carboxylic acids is 1. The molecule has 0 aliphatic rings. The van der Waals surface area contributed by atoms with E-state index in [9.17, 15) is 4.79 Å². The van der Waals surface area contributed by atoms with Gasteiger partial charge in [-0.05, 0) is 19.5 Å². The minimum absolute atomic E-state index is 0.0769. The molecule has 0 saturated carbocycles. The van der Waals surface area contributed by atoms with Gasteiger partial charge in [0.25, 0.3) is 0 Å². The molecule has 0 N–H and O–H groups in total. The number of ether oxygens (including phenoxy) is 2. The monoisotopic (exact) mass is 357 g/mol. The second-order valence-corrected chi connectivity index (χ2v) is 6.79. The van der Waals surface area contributed by atoms with Gasteiger partial charge in [0.15, 0.2) is 0 Å². The quantitative estimate of drug-likeness (QED) is 0.235. The van der Waals surface area contributed by atoms with Gasteiger partial charge in [-0.2, -0.15) is 0 Å². The fourth-order valence-electron chi connectivity index (χ4n) is 2.88. The topological polar surface area (TPSA) is 38.8 Å². The van der Waals surface area contributed by atoms with Crippen LogP contribution in [0.15, 0.2) is 0 Å². The second kappa shape index (κ2) is 19.7. The average Bonchev–Trinajstić information content (AvgIpc) is 2.62. The molecular formula is C21H43NO3. The fraction of sp³-hybridized carbons (Fsp3) is 0.952. The molecule has 0 radical (unpaired) electrons. The van der Waals surface area contributed by atoms with Crippen LogP contribution in [0.5, 0.6) is 0 Å². The Hall–Kier alpha value is -0.610. The van der Waals surface area contributed by atoms with Gasteiger partial charge in [-0.15, -0.1) is 0 Å². The molecule has 4 nitrogen and oxygen atoms in total. The Labute approximate surface area is 156 Å². The van der Waals surface area contributed by atoms with Gasteiger partial charge in [-0.1, -0.05) is 78.6 Å². The van der Waals surface area contributed by atoms with E-state index >= 15 is 0 Å². The average molecular weight is 358 g/mol. The van der Waals surface area contributed by atoms with Crippen LogP contribution in [0.1, 0.15) is 91.4 Å². The summed E-state index contributed by atoms with van der Waals surface area (Å²) in [4.78, 5) is 13.9. The van der Waals surface area contributed by atoms with E-state index in [4.69, 9.17) is 9.47 Å². The van der Waals surface area contributed by atoms with Crippen molar-refractivity contribution in [1.82, 2.24) is 4.90 Å². The maximum Gasteiger partial charge on any atom is 0.305 e. The summed E-state index contributed by atoms with van der Waals surface area (Å²) < 4.78 is 10.7. The minimum atomic E-state index is -0.0769. The highest BCUT2D eigenvalue weighted by molar-refractivity contribution is 5.69. The molecule has 0 spiro atoms. The summed E-state index contributed by atoms with van der Waals surface area (Å²) in [5, 5.41) is 0. The van der Waals surface area contributed by atoms with Crippen molar-refractivity contribution in [1.29, 1.82) is 0 Å². The molecule has 0 aromatic rings. The van der Waals surface area contributed by atoms with E-state index in [-0.39, 0.29) is 5.97 Å². The van der Waals surface area contributed by atoms with Crippen molar-refractivity contribution < 1.29 is 14.3 Å². The Morgan fingerprint density at radius 3 is 1.84 bits per heavy atom. The second-order valence-electron chi connectivity index (χ2n) is 6.79. The summed E-state index contributed by atoms with van der Waals surface area (Å²) in [6.07, 6.45) is 13.4. The SMILES string of the molecule is CCCCCCCCCCCCC(=O)OCCOCCN(CC)CC. The van der Waals surface area contributed by atoms with E-state index in [1.807, 2.05) is 0 Å². The molecule has 0 atom stereocenters. The first kappa shape index (κ1) is 24.4. The number of hydrogen-bond acceptors (Lipinski definition) is 4. The third-order valence-electron chi connectivity index (χ3n) is 4.67. The van der Waals surface area contributed by atoms with Gasteiger partial charge in [-0.25, -0.2) is 0 Å². The summed E-state index contributed by atoms with van der Waals surface area (Å²) in [5.41, 5.74) is 0. The lowest BCUT2D eigenvalue weighted by molar-refractivity contribution is -0.145. The Bertz CT molecular complexity index is 280. The number of esters is 1. The highest BCUT2D eigenvalue weighted by Crippen LogP contribution is 2.11. The molecule has 0 aliphatic carbocycles. The van der Waals surface area contributed by atoms with Crippen molar-refractivity contribution in [2.45, 2.75) is 91.4 Å². The number of likely N-dealkylation sites (N-methyl/N-ethyl adjacent to an activating group) is 1. The van der Waals surface area contributed by atoms with Crippen LogP contribution in [0.2, 0.25) is 0 Å². The zero-order valence-electron chi connectivity index (χ0n) is 17.2. The Kier molecular flexibility index (Phi) is 19.2. The molecule has 0 amide bonds. The van der Waals surface area contributed by atoms with Gasteiger partial charge >= 0.3 is 5.97 Å². The van der Waals surface area contributed by atoms with Gasteiger partial charge in [0.1, 0.15) is 6.61 Å². The molecule has 0 unspecified atom stereocenters. The third kappa shape index (κ3) is 18.0. The number of nitrogens with zero attached hydrogens (tertiary/aromatic N) is 1. The van der Waals surface area contributed by atoms with Crippen molar-refractivity contribution in [3.05, 3.63) is 0 Å². The van der Waals surface area contributed by atoms with Gasteiger partial charge in [-0.3, -0.25) is 4.79 Å². The molecule has 0 fully saturated rings. The predicted octanol–water partition coefficient (Wildman–Crippen LogP) is 5.20. The Morgan fingerprint density at radius 1 is 0.720 bits per heavy atom. The number of unbranched alkanes of at least 4 members (excludes halogenated alkanes) is 9. The largest absolute Gasteiger partial charge is 0.463 e. The van der Waals surface area contributed by atoms with Gasteiger partial charge in [0.2, 0.25) is 0 Å². The van der Waals surface area contributed by atoms with Crippen molar-refractivity contribution in [3.63, 3.8) is 0 Å². The zero-order chi connectivity index (χ0) is 18.6. The number of rotatable bonds is 19. The first-order chi connectivity index (χ1) is 12.2. The summed E-state index contributed by atoms with van der Waals surface area (Å²) in [6.45, 7) is 11.2. The van der Waals surface area contributed by atoms with Crippen LogP contribution in [-0.4, -0.2) is 50.3 Å². The summed E-state index contributed by atoms with van der Waals surface area (Å²) in [7, 11) is 0. The Morgan fingerprint density at radius 2 is 1.28 bits per heavy atom. The number of hydrogen-bond donors (Lipinski definition) is 0. The normalized spacial score (nSPS) is 11.2. The lowest BCUT2D eigenvalue weighted by Crippen LogP contribution is -2.27. The van der Waals surface area contributed by atoms with E-state index in [0.29, 0.717) is 26.2 Å². The highest BCUT2D eigenvalue weighted by Gasteiger charge is 2.03. The van der Waals surface area contributed by atoms with E-state index in [2.05, 4.69) is 25.7 Å². The summed E-state index contributed by atoms with van der Waals surface area (Å²) in [6, 6.07) is 0. The molecule has 0 heterocycles. The van der Waals surface area contributed by atoms with Crippen LogP contribution in [0.3, 0.4) is 0 Å². The maximum absolute atomic E-state index is 11.6. The van der Waals surface area contributed by atoms with Crippen molar-refractivity contribution in [3.8, 4) is 0 Å². The lowest BCUT2D eigenvalue weighted by Gasteiger charge is -2.17. The molecule has 25 heavy (non-hydrogen) atoms. The molecular weight excluding hydrogens is 314 g/mol. The van der Waals surface area contributed by atoms with Crippen molar-refractivity contribution in [2.24, 2.45) is 0 Å². The maximum atomic E-state index is 11.6. The predicted molar refractivity (Wildman–Crippen MR) is 106 cm³/mol. The zero-order valence-corrected chi connectivity index (χ0v) is 17.2. The van der Waals surface area contributed by atoms with Gasteiger partial charge < -0.3 is 14.4 Å². The molecule has 0 rings (SSSR count). The smallest absolute Gasteiger partial charge is 0.305 e. The first-order valence-corrected chi connectivity index (χ1v) is 10.7. The highest BCUT2D eigenvalue weighted by atomic mass is 16.6. The fourth-order valence-corrected chi connectivity index (χ4v) is 2.88. The van der Waals surface area contributed by atoms with Crippen LogP contribution < -0.4 is 0 Å². The molecule has 0 aromatic heterocycles. The Balaban J connectivity index is 3.23. The van der Waals surface area contributed by atoms with Crippen LogP contribution >= 0.6 is 0 Å². The summed E-state index contributed by atoms with van der Waals surface area (Å²) in [5.74, 6) is -0.0769. The molecule has 0 saturated heterocycles. The van der Waals surface area contributed by atoms with Gasteiger partial charge in [0.05, 0.1) is 13.2 Å². The molecule has 0 aromatic carbocycles. The van der Waals surface area contributed by atoms with Crippen molar-refractivity contribution in [2.75, 3.05) is 39.5 Å². The van der Waals surface area contributed by atoms with E-state index in [1.54, 1.807) is 0 Å². The number of carbonyl (C=O) groups is 1. The molecule has 0 bridgehead atoms. The van der Waals surface area contributed by atoms with Gasteiger partial charge in [0, 0.05) is 13.0 Å². The van der Waals surface area contributed by atoms with E-state index in [1.165, 1.54) is 51.4 Å².